The van der Waals surface area contributed by atoms with Crippen LogP contribution >= 0.6 is 11.8 Å². The maximum absolute atomic E-state index is 12.9. The number of anilines is 1. The van der Waals surface area contributed by atoms with Crippen molar-refractivity contribution in [3.05, 3.63) is 54.1 Å². The van der Waals surface area contributed by atoms with Gasteiger partial charge in [0, 0.05) is 18.0 Å². The third-order valence-electron chi connectivity index (χ3n) is 4.25. The van der Waals surface area contributed by atoms with Gasteiger partial charge < -0.3 is 20.1 Å². The first-order valence-electron chi connectivity index (χ1n) is 8.19. The van der Waals surface area contributed by atoms with Crippen LogP contribution in [0.25, 0.3) is 0 Å². The van der Waals surface area contributed by atoms with Crippen LogP contribution in [0.3, 0.4) is 0 Å². The largest absolute Gasteiger partial charge is 0.497 e. The second kappa shape index (κ2) is 7.91. The molecule has 2 aromatic rings. The molecule has 0 saturated carbocycles. The molecule has 2 atom stereocenters. The quantitative estimate of drug-likeness (QED) is 0.860. The topological polar surface area (TPSA) is 61.8 Å². The third-order valence-corrected chi connectivity index (χ3v) is 5.63. The standard InChI is InChI=1S/C19H22N2O3S/c1-20-11-12-21-15-5-3-4-6-16(15)25-18(17(22)19(21)23)13-7-9-14(24-2)10-8-13/h3-10,17-18,20,22H,11-12H2,1-2H3. The lowest BCUT2D eigenvalue weighted by Crippen LogP contribution is -2.43. The summed E-state index contributed by atoms with van der Waals surface area (Å²) in [5.41, 5.74) is 1.75. The molecule has 2 N–H and O–H groups in total. The number of rotatable bonds is 5. The number of nitrogens with one attached hydrogen (secondary N) is 1. The zero-order chi connectivity index (χ0) is 17.8. The van der Waals surface area contributed by atoms with Crippen LogP contribution in [0, 0.1) is 0 Å². The Labute approximate surface area is 152 Å². The van der Waals surface area contributed by atoms with E-state index in [2.05, 4.69) is 5.32 Å². The fraction of sp³-hybridized carbons (Fsp3) is 0.316. The maximum Gasteiger partial charge on any atom is 0.257 e. The van der Waals surface area contributed by atoms with Crippen molar-refractivity contribution < 1.29 is 14.6 Å². The van der Waals surface area contributed by atoms with Crippen molar-refractivity contribution in [2.45, 2.75) is 16.2 Å². The van der Waals surface area contributed by atoms with E-state index >= 15 is 0 Å². The van der Waals surface area contributed by atoms with Gasteiger partial charge in [-0.15, -0.1) is 11.8 Å². The summed E-state index contributed by atoms with van der Waals surface area (Å²) in [5.74, 6) is 0.479. The van der Waals surface area contributed by atoms with Crippen molar-refractivity contribution in [2.24, 2.45) is 0 Å². The van der Waals surface area contributed by atoms with E-state index in [1.54, 1.807) is 12.0 Å². The zero-order valence-electron chi connectivity index (χ0n) is 14.3. The molecule has 0 aromatic heterocycles. The van der Waals surface area contributed by atoms with Crippen molar-refractivity contribution in [3.8, 4) is 5.75 Å². The summed E-state index contributed by atoms with van der Waals surface area (Å²) in [5, 5.41) is 13.5. The molecule has 2 unspecified atom stereocenters. The van der Waals surface area contributed by atoms with Gasteiger partial charge in [0.25, 0.3) is 5.91 Å². The molecule has 2 aromatic carbocycles. The van der Waals surface area contributed by atoms with Gasteiger partial charge in [0.05, 0.1) is 18.0 Å². The lowest BCUT2D eigenvalue weighted by molar-refractivity contribution is -0.126. The van der Waals surface area contributed by atoms with E-state index in [9.17, 15) is 9.90 Å². The van der Waals surface area contributed by atoms with Crippen molar-refractivity contribution in [1.82, 2.24) is 5.32 Å². The molecule has 0 aliphatic carbocycles. The Bertz CT molecular complexity index is 736. The molecule has 6 heteroatoms. The molecule has 5 nitrogen and oxygen atoms in total. The number of thioether (sulfide) groups is 1. The molecule has 1 aliphatic rings. The summed E-state index contributed by atoms with van der Waals surface area (Å²) in [7, 11) is 3.46. The van der Waals surface area contributed by atoms with Crippen LogP contribution in [0.15, 0.2) is 53.4 Å². The minimum absolute atomic E-state index is 0.270. The van der Waals surface area contributed by atoms with Crippen LogP contribution < -0.4 is 15.0 Å². The lowest BCUT2D eigenvalue weighted by Gasteiger charge is -2.25. The summed E-state index contributed by atoms with van der Waals surface area (Å²) < 4.78 is 5.20. The van der Waals surface area contributed by atoms with E-state index in [0.717, 1.165) is 21.9 Å². The lowest BCUT2D eigenvalue weighted by atomic mass is 10.1. The van der Waals surface area contributed by atoms with Crippen LogP contribution in [0.1, 0.15) is 10.8 Å². The van der Waals surface area contributed by atoms with Gasteiger partial charge in [-0.2, -0.15) is 0 Å². The van der Waals surface area contributed by atoms with Crippen molar-refractivity contribution >= 4 is 23.4 Å². The third kappa shape index (κ3) is 3.66. The van der Waals surface area contributed by atoms with Gasteiger partial charge >= 0.3 is 0 Å². The van der Waals surface area contributed by atoms with Gasteiger partial charge in [-0.05, 0) is 36.9 Å². The Morgan fingerprint density at radius 3 is 2.60 bits per heavy atom. The molecule has 25 heavy (non-hydrogen) atoms. The monoisotopic (exact) mass is 358 g/mol. The zero-order valence-corrected chi connectivity index (χ0v) is 15.1. The first kappa shape index (κ1) is 17.8. The van der Waals surface area contributed by atoms with Crippen LogP contribution in [0.4, 0.5) is 5.69 Å². The average Bonchev–Trinajstić information content (AvgIpc) is 2.76. The number of aliphatic hydroxyl groups excluding tert-OH is 1. The molecule has 1 aliphatic heterocycles. The fourth-order valence-electron chi connectivity index (χ4n) is 2.89. The second-order valence-corrected chi connectivity index (χ2v) is 7.00. The molecule has 0 bridgehead atoms. The van der Waals surface area contributed by atoms with Crippen molar-refractivity contribution in [1.29, 1.82) is 0 Å². The molecular formula is C19H22N2O3S. The first-order valence-corrected chi connectivity index (χ1v) is 9.07. The van der Waals surface area contributed by atoms with Crippen molar-refractivity contribution in [3.63, 3.8) is 0 Å². The van der Waals surface area contributed by atoms with Crippen LogP contribution in [-0.4, -0.2) is 44.4 Å². The predicted molar refractivity (Wildman–Crippen MR) is 100 cm³/mol. The Morgan fingerprint density at radius 1 is 1.20 bits per heavy atom. The molecule has 3 rings (SSSR count). The van der Waals surface area contributed by atoms with Gasteiger partial charge in [0.2, 0.25) is 0 Å². The Kier molecular flexibility index (Phi) is 5.63. The number of fused-ring (bicyclic) bond motifs is 1. The minimum Gasteiger partial charge on any atom is -0.497 e. The smallest absolute Gasteiger partial charge is 0.257 e. The van der Waals surface area contributed by atoms with E-state index in [1.807, 2.05) is 55.6 Å². The second-order valence-electron chi connectivity index (χ2n) is 5.82. The average molecular weight is 358 g/mol. The highest BCUT2D eigenvalue weighted by Gasteiger charge is 2.36. The predicted octanol–water partition coefficient (Wildman–Crippen LogP) is 2.46. The van der Waals surface area contributed by atoms with E-state index < -0.39 is 6.10 Å². The molecule has 1 amide bonds. The number of para-hydroxylation sites is 1. The van der Waals surface area contributed by atoms with Gasteiger partial charge in [-0.25, -0.2) is 0 Å². The summed E-state index contributed by atoms with van der Waals surface area (Å²) in [6, 6.07) is 15.3. The number of carbonyl (C=O) groups excluding carboxylic acids is 1. The highest BCUT2D eigenvalue weighted by molar-refractivity contribution is 7.99. The Balaban J connectivity index is 1.99. The molecule has 132 valence electrons. The summed E-state index contributed by atoms with van der Waals surface area (Å²) in [6.45, 7) is 1.17. The Morgan fingerprint density at radius 2 is 1.92 bits per heavy atom. The van der Waals surface area contributed by atoms with Crippen molar-refractivity contribution in [2.75, 3.05) is 32.1 Å². The highest BCUT2D eigenvalue weighted by Crippen LogP contribution is 2.45. The van der Waals surface area contributed by atoms with E-state index in [4.69, 9.17) is 4.74 Å². The van der Waals surface area contributed by atoms with Crippen LogP contribution in [-0.2, 0) is 4.79 Å². The first-order chi connectivity index (χ1) is 12.2. The molecule has 1 heterocycles. The fourth-order valence-corrected chi connectivity index (χ4v) is 4.16. The molecule has 0 radical (unpaired) electrons. The number of likely N-dealkylation sites (N-methyl/N-ethyl adjacent to an activating group) is 1. The van der Waals surface area contributed by atoms with Crippen LogP contribution in [0.2, 0.25) is 0 Å². The molecule has 0 fully saturated rings. The normalized spacial score (nSPS) is 20.1. The summed E-state index contributed by atoms with van der Waals surface area (Å²) >= 11 is 1.52. The highest BCUT2D eigenvalue weighted by atomic mass is 32.2. The van der Waals surface area contributed by atoms with E-state index in [1.165, 1.54) is 11.8 Å². The number of hydrogen-bond donors (Lipinski definition) is 2. The number of aliphatic hydroxyl groups is 1. The van der Waals surface area contributed by atoms with Gasteiger partial charge in [0.1, 0.15) is 11.9 Å². The number of hydrogen-bond acceptors (Lipinski definition) is 5. The number of benzene rings is 2. The molecule has 0 saturated heterocycles. The van der Waals surface area contributed by atoms with Gasteiger partial charge in [0.15, 0.2) is 0 Å². The van der Waals surface area contributed by atoms with Gasteiger partial charge in [-0.1, -0.05) is 24.3 Å². The summed E-state index contributed by atoms with van der Waals surface area (Å²) in [6.07, 6.45) is -1.11. The van der Waals surface area contributed by atoms with Gasteiger partial charge in [-0.3, -0.25) is 4.79 Å². The SMILES string of the molecule is CNCCN1C(=O)C(O)C(c2ccc(OC)cc2)Sc2ccccc21. The minimum atomic E-state index is -1.11. The summed E-state index contributed by atoms with van der Waals surface area (Å²) in [4.78, 5) is 15.6. The number of carbonyl (C=O) groups is 1. The van der Waals surface area contributed by atoms with E-state index in [-0.39, 0.29) is 11.2 Å². The number of nitrogens with zero attached hydrogens (tertiary/aromatic N) is 1. The van der Waals surface area contributed by atoms with E-state index in [0.29, 0.717) is 13.1 Å². The number of ether oxygens (including phenoxy) is 1. The molecular weight excluding hydrogens is 336 g/mol. The number of amides is 1. The maximum atomic E-state index is 12.9. The number of methoxy groups -OCH3 is 1. The molecule has 0 spiro atoms. The van der Waals surface area contributed by atoms with Crippen LogP contribution in [0.5, 0.6) is 5.75 Å². The Hall–Kier alpha value is -2.02.